The lowest BCUT2D eigenvalue weighted by Crippen LogP contribution is -2.34. The number of benzene rings is 3. The van der Waals surface area contributed by atoms with Crippen LogP contribution in [0, 0.1) is 13.8 Å². The van der Waals surface area contributed by atoms with Crippen LogP contribution in [0.1, 0.15) is 21.7 Å². The van der Waals surface area contributed by atoms with Crippen LogP contribution < -0.4 is 21.0 Å². The number of carbonyl (C=O) groups excluding carboxylic acids is 1. The van der Waals surface area contributed by atoms with E-state index in [2.05, 4.69) is 10.6 Å². The number of hydrogen-bond donors (Lipinski definition) is 2. The summed E-state index contributed by atoms with van der Waals surface area (Å²) < 4.78 is 16.7. The van der Waals surface area contributed by atoms with Crippen LogP contribution in [0.5, 0.6) is 5.75 Å². The number of para-hydroxylation sites is 1. The molecule has 0 aliphatic rings. The van der Waals surface area contributed by atoms with Gasteiger partial charge < -0.3 is 18.9 Å². The third kappa shape index (κ3) is 5.07. The number of rotatable bonds is 5. The monoisotopic (exact) mass is 524 g/mol. The van der Waals surface area contributed by atoms with Gasteiger partial charge in [0.15, 0.2) is 10.9 Å². The molecule has 8 heteroatoms. The van der Waals surface area contributed by atoms with E-state index in [1.54, 1.807) is 42.5 Å². The predicted molar refractivity (Wildman–Crippen MR) is 152 cm³/mol. The Morgan fingerprint density at radius 3 is 2.45 bits per heavy atom. The van der Waals surface area contributed by atoms with Gasteiger partial charge in [-0.15, -0.1) is 0 Å². The molecule has 38 heavy (non-hydrogen) atoms. The van der Waals surface area contributed by atoms with Crippen molar-refractivity contribution < 1.29 is 18.4 Å². The number of furan rings is 1. The summed E-state index contributed by atoms with van der Waals surface area (Å²) in [5, 5.41) is 6.45. The molecule has 7 nitrogen and oxygen atoms in total. The molecule has 0 saturated carbocycles. The second-order valence-corrected chi connectivity index (χ2v) is 9.18. The molecule has 0 atom stereocenters. The number of amides is 1. The molecule has 0 bridgehead atoms. The van der Waals surface area contributed by atoms with Crippen molar-refractivity contribution in [3.63, 3.8) is 0 Å². The van der Waals surface area contributed by atoms with E-state index in [0.717, 1.165) is 16.5 Å². The standard InChI is InChI=1S/C30H24N2O5S/c1-17-8-9-21(14-18(17)2)25-12-13-27(36-25)28(33)32-30(38)31-23-16-19(10-11-26(23)35-3)22-15-20-6-4-5-7-24(20)37-29(22)34/h4-16H,1-3H3,(H2,31,32,33,38). The number of fused-ring (bicyclic) bond motifs is 1. The Morgan fingerprint density at radius 1 is 0.868 bits per heavy atom. The van der Waals surface area contributed by atoms with Crippen LogP contribution in [0.2, 0.25) is 0 Å². The molecule has 0 saturated heterocycles. The molecular formula is C30H24N2O5S. The third-order valence-electron chi connectivity index (χ3n) is 6.25. The Balaban J connectivity index is 1.35. The highest BCUT2D eigenvalue weighted by Crippen LogP contribution is 2.31. The predicted octanol–water partition coefficient (Wildman–Crippen LogP) is 6.47. The van der Waals surface area contributed by atoms with Crippen molar-refractivity contribution in [3.05, 3.63) is 106 Å². The molecule has 5 aromatic rings. The molecular weight excluding hydrogens is 500 g/mol. The van der Waals surface area contributed by atoms with Gasteiger partial charge in [-0.1, -0.05) is 36.4 Å². The van der Waals surface area contributed by atoms with Gasteiger partial charge in [0.05, 0.1) is 18.4 Å². The zero-order chi connectivity index (χ0) is 26.8. The van der Waals surface area contributed by atoms with E-state index in [0.29, 0.717) is 33.9 Å². The highest BCUT2D eigenvalue weighted by Gasteiger charge is 2.16. The largest absolute Gasteiger partial charge is 0.495 e. The van der Waals surface area contributed by atoms with Crippen molar-refractivity contribution in [1.82, 2.24) is 5.32 Å². The molecule has 0 spiro atoms. The van der Waals surface area contributed by atoms with Crippen molar-refractivity contribution in [2.75, 3.05) is 12.4 Å². The molecule has 0 unspecified atom stereocenters. The maximum atomic E-state index is 12.8. The minimum absolute atomic E-state index is 0.0418. The van der Waals surface area contributed by atoms with Crippen LogP contribution in [0.25, 0.3) is 33.4 Å². The lowest BCUT2D eigenvalue weighted by atomic mass is 10.0. The van der Waals surface area contributed by atoms with Crippen LogP contribution in [-0.4, -0.2) is 18.1 Å². The van der Waals surface area contributed by atoms with E-state index in [-0.39, 0.29) is 10.9 Å². The molecule has 2 aromatic heterocycles. The first-order valence-electron chi connectivity index (χ1n) is 11.8. The number of anilines is 1. The van der Waals surface area contributed by atoms with Crippen LogP contribution in [0.15, 0.2) is 92.5 Å². The Morgan fingerprint density at radius 2 is 1.66 bits per heavy atom. The van der Waals surface area contributed by atoms with Gasteiger partial charge >= 0.3 is 5.63 Å². The normalized spacial score (nSPS) is 10.8. The quantitative estimate of drug-likeness (QED) is 0.201. The molecule has 0 aliphatic heterocycles. The molecule has 2 heterocycles. The van der Waals surface area contributed by atoms with E-state index < -0.39 is 11.5 Å². The van der Waals surface area contributed by atoms with Gasteiger partial charge in [0.1, 0.15) is 17.1 Å². The fraction of sp³-hybridized carbons (Fsp3) is 0.100. The molecule has 3 aromatic carbocycles. The summed E-state index contributed by atoms with van der Waals surface area (Å²) in [6.07, 6.45) is 0. The number of thiocarbonyl (C=S) groups is 1. The van der Waals surface area contributed by atoms with Crippen molar-refractivity contribution in [2.45, 2.75) is 13.8 Å². The highest BCUT2D eigenvalue weighted by atomic mass is 32.1. The highest BCUT2D eigenvalue weighted by molar-refractivity contribution is 7.80. The Hall–Kier alpha value is -4.69. The van der Waals surface area contributed by atoms with E-state index >= 15 is 0 Å². The van der Waals surface area contributed by atoms with Crippen molar-refractivity contribution >= 4 is 39.9 Å². The molecule has 0 radical (unpaired) electrons. The van der Waals surface area contributed by atoms with E-state index in [4.69, 9.17) is 25.8 Å². The molecule has 2 N–H and O–H groups in total. The maximum absolute atomic E-state index is 12.8. The average molecular weight is 525 g/mol. The molecule has 1 amide bonds. The van der Waals surface area contributed by atoms with Crippen LogP contribution in [0.4, 0.5) is 5.69 Å². The smallest absolute Gasteiger partial charge is 0.344 e. The number of carbonyl (C=O) groups is 1. The summed E-state index contributed by atoms with van der Waals surface area (Å²) in [5.74, 6) is 0.686. The molecule has 190 valence electrons. The van der Waals surface area contributed by atoms with Gasteiger partial charge in [0.25, 0.3) is 5.91 Å². The number of ether oxygens (including phenoxy) is 1. The van der Waals surface area contributed by atoms with Crippen LogP contribution in [0.3, 0.4) is 0 Å². The van der Waals surface area contributed by atoms with E-state index in [9.17, 15) is 9.59 Å². The van der Waals surface area contributed by atoms with Gasteiger partial charge in [-0.25, -0.2) is 4.79 Å². The summed E-state index contributed by atoms with van der Waals surface area (Å²) in [4.78, 5) is 25.5. The topological polar surface area (TPSA) is 93.7 Å². The maximum Gasteiger partial charge on any atom is 0.344 e. The zero-order valence-electron chi connectivity index (χ0n) is 21.0. The lowest BCUT2D eigenvalue weighted by molar-refractivity contribution is 0.0951. The van der Waals surface area contributed by atoms with Crippen molar-refractivity contribution in [2.24, 2.45) is 0 Å². The molecule has 5 rings (SSSR count). The summed E-state index contributed by atoms with van der Waals surface area (Å²) in [7, 11) is 1.52. The minimum atomic E-state index is -0.497. The summed E-state index contributed by atoms with van der Waals surface area (Å²) in [6, 6.07) is 23.6. The summed E-state index contributed by atoms with van der Waals surface area (Å²) in [6.45, 7) is 4.06. The first-order chi connectivity index (χ1) is 18.3. The number of nitrogens with one attached hydrogen (secondary N) is 2. The second kappa shape index (κ2) is 10.4. The molecule has 0 fully saturated rings. The fourth-order valence-electron chi connectivity index (χ4n) is 4.06. The Kier molecular flexibility index (Phi) is 6.81. The Labute approximate surface area is 224 Å². The first-order valence-corrected chi connectivity index (χ1v) is 12.2. The number of aryl methyl sites for hydroxylation is 2. The van der Waals surface area contributed by atoms with Crippen LogP contribution >= 0.6 is 12.2 Å². The van der Waals surface area contributed by atoms with Gasteiger partial charge in [-0.3, -0.25) is 10.1 Å². The number of hydrogen-bond acceptors (Lipinski definition) is 6. The lowest BCUT2D eigenvalue weighted by Gasteiger charge is -2.14. The van der Waals surface area contributed by atoms with Gasteiger partial charge in [0, 0.05) is 10.9 Å². The van der Waals surface area contributed by atoms with Crippen LogP contribution in [-0.2, 0) is 0 Å². The third-order valence-corrected chi connectivity index (χ3v) is 6.45. The van der Waals surface area contributed by atoms with Crippen molar-refractivity contribution in [3.8, 4) is 28.2 Å². The number of methoxy groups -OCH3 is 1. The minimum Gasteiger partial charge on any atom is -0.495 e. The SMILES string of the molecule is COc1ccc(-c2cc3ccccc3oc2=O)cc1NC(=S)NC(=O)c1ccc(-c2ccc(C)c(C)c2)o1. The zero-order valence-corrected chi connectivity index (χ0v) is 21.8. The van der Waals surface area contributed by atoms with Gasteiger partial charge in [0.2, 0.25) is 0 Å². The van der Waals surface area contributed by atoms with E-state index in [1.807, 2.05) is 50.2 Å². The Bertz CT molecular complexity index is 1750. The summed E-state index contributed by atoms with van der Waals surface area (Å²) in [5.41, 5.74) is 4.70. The first kappa shape index (κ1) is 25.0. The van der Waals surface area contributed by atoms with E-state index in [1.165, 1.54) is 12.7 Å². The van der Waals surface area contributed by atoms with Crippen molar-refractivity contribution in [1.29, 1.82) is 0 Å². The molecule has 0 aliphatic carbocycles. The average Bonchev–Trinajstić information content (AvgIpc) is 3.40. The van der Waals surface area contributed by atoms with Gasteiger partial charge in [-0.2, -0.15) is 0 Å². The second-order valence-electron chi connectivity index (χ2n) is 8.77. The fourth-order valence-corrected chi connectivity index (χ4v) is 4.27. The van der Waals surface area contributed by atoms with Gasteiger partial charge in [-0.05, 0) is 85.2 Å². The summed E-state index contributed by atoms with van der Waals surface area (Å²) >= 11 is 5.38.